The monoisotopic (exact) mass is 196 g/mol. The number of rotatable bonds is 3. The van der Waals surface area contributed by atoms with Crippen LogP contribution in [0.3, 0.4) is 0 Å². The molecule has 0 saturated carbocycles. The highest BCUT2D eigenvalue weighted by Crippen LogP contribution is 2.15. The van der Waals surface area contributed by atoms with Gasteiger partial charge in [0.05, 0.1) is 6.10 Å². The molecule has 1 aromatic heterocycles. The molecular formula is C9H12N2O3. The number of carbonyl (C=O) groups is 1. The van der Waals surface area contributed by atoms with Crippen molar-refractivity contribution in [1.82, 2.24) is 9.97 Å². The van der Waals surface area contributed by atoms with Crippen molar-refractivity contribution in [3.63, 3.8) is 0 Å². The fourth-order valence-corrected chi connectivity index (χ4v) is 0.909. The molecule has 0 radical (unpaired) electrons. The van der Waals surface area contributed by atoms with Crippen LogP contribution in [0.2, 0.25) is 0 Å². The van der Waals surface area contributed by atoms with Crippen LogP contribution in [0.4, 0.5) is 0 Å². The molecule has 0 saturated heterocycles. The predicted molar refractivity (Wildman–Crippen MR) is 49.5 cm³/mol. The van der Waals surface area contributed by atoms with E-state index in [0.717, 1.165) is 0 Å². The minimum atomic E-state index is -1.08. The summed E-state index contributed by atoms with van der Waals surface area (Å²) in [5, 5.41) is 8.81. The molecule has 0 bridgehead atoms. The van der Waals surface area contributed by atoms with Gasteiger partial charge in [-0.3, -0.25) is 0 Å². The predicted octanol–water partition coefficient (Wildman–Crippen LogP) is 1.27. The lowest BCUT2D eigenvalue weighted by atomic mass is 10.3. The Hall–Kier alpha value is -1.65. The Morgan fingerprint density at radius 3 is 2.71 bits per heavy atom. The van der Waals surface area contributed by atoms with Gasteiger partial charge in [0.2, 0.25) is 5.88 Å². The van der Waals surface area contributed by atoms with Gasteiger partial charge in [-0.05, 0) is 20.8 Å². The van der Waals surface area contributed by atoms with Crippen LogP contribution in [0.15, 0.2) is 6.20 Å². The molecule has 5 nitrogen and oxygen atoms in total. The van der Waals surface area contributed by atoms with Crippen molar-refractivity contribution in [3.8, 4) is 5.88 Å². The number of carboxylic acids is 1. The number of aromatic carboxylic acids is 1. The van der Waals surface area contributed by atoms with Gasteiger partial charge in [0.15, 0.2) is 0 Å². The van der Waals surface area contributed by atoms with E-state index < -0.39 is 5.97 Å². The number of nitrogens with zero attached hydrogens (tertiary/aromatic N) is 2. The van der Waals surface area contributed by atoms with Crippen LogP contribution in [0.1, 0.15) is 30.0 Å². The fraction of sp³-hybridized carbons (Fsp3) is 0.444. The van der Waals surface area contributed by atoms with Crippen molar-refractivity contribution in [2.24, 2.45) is 0 Å². The summed E-state index contributed by atoms with van der Waals surface area (Å²) in [7, 11) is 0. The number of aromatic nitrogens is 2. The number of carboxylic acid groups (broad SMARTS) is 1. The molecule has 1 aromatic rings. The van der Waals surface area contributed by atoms with Gasteiger partial charge in [-0.25, -0.2) is 9.78 Å². The van der Waals surface area contributed by atoms with Crippen LogP contribution in [-0.4, -0.2) is 27.1 Å². The second kappa shape index (κ2) is 4.04. The molecule has 1 rings (SSSR count). The summed E-state index contributed by atoms with van der Waals surface area (Å²) in [6.45, 7) is 5.30. The van der Waals surface area contributed by atoms with Crippen molar-refractivity contribution in [3.05, 3.63) is 17.6 Å². The second-order valence-corrected chi connectivity index (χ2v) is 3.11. The molecule has 0 atom stereocenters. The smallest absolute Gasteiger partial charge is 0.342 e. The van der Waals surface area contributed by atoms with E-state index >= 15 is 0 Å². The Morgan fingerprint density at radius 1 is 1.57 bits per heavy atom. The highest BCUT2D eigenvalue weighted by Gasteiger charge is 2.14. The summed E-state index contributed by atoms with van der Waals surface area (Å²) >= 11 is 0. The van der Waals surface area contributed by atoms with Gasteiger partial charge < -0.3 is 9.84 Å². The molecule has 1 N–H and O–H groups in total. The highest BCUT2D eigenvalue weighted by molar-refractivity contribution is 5.89. The SMILES string of the molecule is Cc1ncc(C(=O)O)c(OC(C)C)n1. The first-order valence-electron chi connectivity index (χ1n) is 4.24. The van der Waals surface area contributed by atoms with Crippen molar-refractivity contribution in [2.45, 2.75) is 26.9 Å². The van der Waals surface area contributed by atoms with E-state index in [9.17, 15) is 4.79 Å². The van der Waals surface area contributed by atoms with Crippen LogP contribution >= 0.6 is 0 Å². The average molecular weight is 196 g/mol. The molecule has 0 amide bonds. The van der Waals surface area contributed by atoms with Crippen molar-refractivity contribution in [1.29, 1.82) is 0 Å². The molecule has 14 heavy (non-hydrogen) atoms. The summed E-state index contributed by atoms with van der Waals surface area (Å²) < 4.78 is 5.26. The van der Waals surface area contributed by atoms with E-state index in [0.29, 0.717) is 5.82 Å². The topological polar surface area (TPSA) is 72.3 Å². The molecule has 0 aromatic carbocycles. The summed E-state index contributed by atoms with van der Waals surface area (Å²) in [6.07, 6.45) is 1.14. The Balaban J connectivity index is 3.09. The minimum Gasteiger partial charge on any atom is -0.477 e. The molecule has 5 heteroatoms. The number of aryl methyl sites for hydroxylation is 1. The third kappa shape index (κ3) is 2.42. The first-order valence-corrected chi connectivity index (χ1v) is 4.24. The standard InChI is InChI=1S/C9H12N2O3/c1-5(2)14-8-7(9(12)13)4-10-6(3)11-8/h4-5H,1-3H3,(H,12,13). The molecule has 1 heterocycles. The lowest BCUT2D eigenvalue weighted by molar-refractivity contribution is 0.0688. The Morgan fingerprint density at radius 2 is 2.21 bits per heavy atom. The van der Waals surface area contributed by atoms with Gasteiger partial charge in [0.1, 0.15) is 11.4 Å². The summed E-state index contributed by atoms with van der Waals surface area (Å²) in [5.41, 5.74) is -0.00991. The minimum absolute atomic E-state index is 0.00991. The zero-order valence-corrected chi connectivity index (χ0v) is 8.31. The maximum absolute atomic E-state index is 10.8. The van der Waals surface area contributed by atoms with Crippen LogP contribution in [0, 0.1) is 6.92 Å². The van der Waals surface area contributed by atoms with Crippen molar-refractivity contribution < 1.29 is 14.6 Å². The molecule has 76 valence electrons. The van der Waals surface area contributed by atoms with Crippen LogP contribution in [0.25, 0.3) is 0 Å². The van der Waals surface area contributed by atoms with E-state index in [1.807, 2.05) is 13.8 Å². The largest absolute Gasteiger partial charge is 0.477 e. The Bertz CT molecular complexity index is 350. The first-order chi connectivity index (χ1) is 6.50. The summed E-state index contributed by atoms with van der Waals surface area (Å²) in [5.74, 6) is -0.466. The van der Waals surface area contributed by atoms with Gasteiger partial charge in [0, 0.05) is 6.20 Å². The second-order valence-electron chi connectivity index (χ2n) is 3.11. The zero-order chi connectivity index (χ0) is 10.7. The molecular weight excluding hydrogens is 184 g/mol. The number of ether oxygens (including phenoxy) is 1. The van der Waals surface area contributed by atoms with Crippen LogP contribution < -0.4 is 4.74 Å². The van der Waals surface area contributed by atoms with Gasteiger partial charge in [0.25, 0.3) is 0 Å². The Kier molecular flexibility index (Phi) is 3.01. The average Bonchev–Trinajstić information content (AvgIpc) is 2.01. The molecule has 0 spiro atoms. The summed E-state index contributed by atoms with van der Waals surface area (Å²) in [6, 6.07) is 0. The number of hydrogen-bond acceptors (Lipinski definition) is 4. The van der Waals surface area contributed by atoms with Crippen molar-refractivity contribution >= 4 is 5.97 Å². The Labute approximate surface area is 81.8 Å². The first kappa shape index (κ1) is 10.4. The van der Waals surface area contributed by atoms with E-state index in [1.54, 1.807) is 6.92 Å². The van der Waals surface area contributed by atoms with Crippen molar-refractivity contribution in [2.75, 3.05) is 0 Å². The quantitative estimate of drug-likeness (QED) is 0.788. The van der Waals surface area contributed by atoms with Crippen LogP contribution in [0.5, 0.6) is 5.88 Å². The molecule has 0 fully saturated rings. The van der Waals surface area contributed by atoms with Crippen LogP contribution in [-0.2, 0) is 0 Å². The summed E-state index contributed by atoms with van der Waals surface area (Å²) in [4.78, 5) is 18.5. The van der Waals surface area contributed by atoms with E-state index in [4.69, 9.17) is 9.84 Å². The molecule has 0 aliphatic heterocycles. The fourth-order valence-electron chi connectivity index (χ4n) is 0.909. The van der Waals surface area contributed by atoms with Gasteiger partial charge in [-0.2, -0.15) is 4.98 Å². The molecule has 0 unspecified atom stereocenters. The molecule has 0 aliphatic rings. The van der Waals surface area contributed by atoms with Gasteiger partial charge in [-0.15, -0.1) is 0 Å². The van der Waals surface area contributed by atoms with E-state index in [2.05, 4.69) is 9.97 Å². The third-order valence-corrected chi connectivity index (χ3v) is 1.45. The highest BCUT2D eigenvalue weighted by atomic mass is 16.5. The maximum atomic E-state index is 10.8. The maximum Gasteiger partial charge on any atom is 0.342 e. The number of hydrogen-bond donors (Lipinski definition) is 1. The normalized spacial score (nSPS) is 10.3. The van der Waals surface area contributed by atoms with E-state index in [-0.39, 0.29) is 17.5 Å². The van der Waals surface area contributed by atoms with Gasteiger partial charge >= 0.3 is 5.97 Å². The zero-order valence-electron chi connectivity index (χ0n) is 8.31. The third-order valence-electron chi connectivity index (χ3n) is 1.45. The van der Waals surface area contributed by atoms with E-state index in [1.165, 1.54) is 6.20 Å². The lowest BCUT2D eigenvalue weighted by Crippen LogP contribution is -2.12. The van der Waals surface area contributed by atoms with Gasteiger partial charge in [-0.1, -0.05) is 0 Å². The lowest BCUT2D eigenvalue weighted by Gasteiger charge is -2.10. The molecule has 0 aliphatic carbocycles.